The number of ether oxygens (including phenoxy) is 3. The number of carbonyl (C=O) groups is 2. The first-order valence-corrected chi connectivity index (χ1v) is 8.76. The van der Waals surface area contributed by atoms with E-state index in [1.165, 1.54) is 26.4 Å². The van der Waals surface area contributed by atoms with Crippen molar-refractivity contribution in [3.8, 4) is 0 Å². The van der Waals surface area contributed by atoms with Crippen LogP contribution in [0.25, 0.3) is 0 Å². The van der Waals surface area contributed by atoms with Crippen LogP contribution >= 0.6 is 0 Å². The van der Waals surface area contributed by atoms with Crippen LogP contribution in [0.1, 0.15) is 24.3 Å². The highest BCUT2D eigenvalue weighted by Gasteiger charge is 2.35. The van der Waals surface area contributed by atoms with Crippen molar-refractivity contribution >= 4 is 11.9 Å². The Morgan fingerprint density at radius 2 is 1.70 bits per heavy atom. The molecule has 2 aliphatic heterocycles. The van der Waals surface area contributed by atoms with Crippen molar-refractivity contribution in [3.05, 3.63) is 59.2 Å². The maximum absolute atomic E-state index is 13.4. The van der Waals surface area contributed by atoms with E-state index in [0.29, 0.717) is 18.7 Å². The highest BCUT2D eigenvalue weighted by molar-refractivity contribution is 5.98. The number of esters is 2. The fourth-order valence-electron chi connectivity index (χ4n) is 3.43. The zero-order valence-electron chi connectivity index (χ0n) is 15.3. The monoisotopic (exact) mass is 375 g/mol. The Labute approximate surface area is 157 Å². The number of carbonyl (C=O) groups excluding carboxylic acids is 2. The quantitative estimate of drug-likeness (QED) is 0.737. The van der Waals surface area contributed by atoms with E-state index in [-0.39, 0.29) is 17.3 Å². The minimum Gasteiger partial charge on any atom is -0.466 e. The minimum atomic E-state index is -0.703. The smallest absolute Gasteiger partial charge is 0.336 e. The first kappa shape index (κ1) is 19.1. The lowest BCUT2D eigenvalue weighted by Gasteiger charge is -2.31. The van der Waals surface area contributed by atoms with Gasteiger partial charge in [0.05, 0.1) is 37.4 Å². The van der Waals surface area contributed by atoms with E-state index < -0.39 is 23.7 Å². The number of nitrogens with zero attached hydrogens (tertiary/aromatic N) is 1. The van der Waals surface area contributed by atoms with Crippen LogP contribution < -0.4 is 0 Å². The Balaban J connectivity index is 2.01. The van der Waals surface area contributed by atoms with Crippen LogP contribution in [0, 0.1) is 5.82 Å². The molecule has 1 aromatic rings. The third kappa shape index (κ3) is 4.19. The van der Waals surface area contributed by atoms with Gasteiger partial charge in [-0.25, -0.2) is 14.0 Å². The topological polar surface area (TPSA) is 65.1 Å². The van der Waals surface area contributed by atoms with E-state index in [1.807, 2.05) is 0 Å². The molecular formula is C20H22FNO5. The van der Waals surface area contributed by atoms with Crippen LogP contribution in [-0.4, -0.2) is 50.3 Å². The van der Waals surface area contributed by atoms with E-state index in [4.69, 9.17) is 14.2 Å². The van der Waals surface area contributed by atoms with Crippen molar-refractivity contribution in [1.82, 2.24) is 4.90 Å². The number of halogens is 1. The van der Waals surface area contributed by atoms with Crippen LogP contribution in [0.2, 0.25) is 0 Å². The fraction of sp³-hybridized carbons (Fsp3) is 0.400. The standard InChI is InChI=1S/C20H22FNO5/c1-25-19(23)16-11-22(10-15-4-3-9-27-15)12-17(20(24)26-2)18(16)13-5-7-14(21)8-6-13/h5-8,11-12,15,18H,3-4,9-10H2,1-2H3. The zero-order chi connectivity index (χ0) is 19.4. The fourth-order valence-corrected chi connectivity index (χ4v) is 3.43. The van der Waals surface area contributed by atoms with Crippen molar-refractivity contribution in [2.75, 3.05) is 27.4 Å². The molecule has 2 aliphatic rings. The van der Waals surface area contributed by atoms with E-state index in [9.17, 15) is 14.0 Å². The maximum atomic E-state index is 13.4. The molecule has 0 bridgehead atoms. The second-order valence-electron chi connectivity index (χ2n) is 6.47. The Morgan fingerprint density at radius 3 is 2.19 bits per heavy atom. The number of methoxy groups -OCH3 is 2. The number of hydrogen-bond donors (Lipinski definition) is 0. The summed E-state index contributed by atoms with van der Waals surface area (Å²) in [6, 6.07) is 5.67. The van der Waals surface area contributed by atoms with E-state index in [0.717, 1.165) is 12.8 Å². The second-order valence-corrected chi connectivity index (χ2v) is 6.47. The number of rotatable bonds is 5. The second kappa shape index (κ2) is 8.35. The van der Waals surface area contributed by atoms with Crippen molar-refractivity contribution < 1.29 is 28.2 Å². The average molecular weight is 375 g/mol. The molecule has 27 heavy (non-hydrogen) atoms. The van der Waals surface area contributed by atoms with Gasteiger partial charge in [-0.15, -0.1) is 0 Å². The molecule has 7 heteroatoms. The first-order valence-electron chi connectivity index (χ1n) is 8.76. The summed E-state index contributed by atoms with van der Waals surface area (Å²) in [7, 11) is 2.57. The summed E-state index contributed by atoms with van der Waals surface area (Å²) in [6.45, 7) is 1.22. The molecule has 0 aliphatic carbocycles. The van der Waals surface area contributed by atoms with Crippen LogP contribution in [0.15, 0.2) is 47.8 Å². The minimum absolute atomic E-state index is 0.0256. The van der Waals surface area contributed by atoms with Gasteiger partial charge in [0.2, 0.25) is 0 Å². The number of benzene rings is 1. The van der Waals surface area contributed by atoms with Gasteiger partial charge in [-0.1, -0.05) is 12.1 Å². The highest BCUT2D eigenvalue weighted by Crippen LogP contribution is 2.37. The van der Waals surface area contributed by atoms with Gasteiger partial charge in [-0.05, 0) is 30.5 Å². The van der Waals surface area contributed by atoms with Crippen molar-refractivity contribution in [2.24, 2.45) is 0 Å². The van der Waals surface area contributed by atoms with Crippen molar-refractivity contribution in [3.63, 3.8) is 0 Å². The molecule has 1 aromatic carbocycles. The van der Waals surface area contributed by atoms with Gasteiger partial charge in [0.25, 0.3) is 0 Å². The summed E-state index contributed by atoms with van der Waals surface area (Å²) in [5.74, 6) is -2.22. The first-order chi connectivity index (χ1) is 13.0. The van der Waals surface area contributed by atoms with Gasteiger partial charge in [-0.2, -0.15) is 0 Å². The van der Waals surface area contributed by atoms with Gasteiger partial charge in [0.15, 0.2) is 0 Å². The van der Waals surface area contributed by atoms with Gasteiger partial charge in [-0.3, -0.25) is 0 Å². The summed E-state index contributed by atoms with van der Waals surface area (Å²) in [6.07, 6.45) is 5.25. The summed E-state index contributed by atoms with van der Waals surface area (Å²) in [4.78, 5) is 26.7. The number of hydrogen-bond acceptors (Lipinski definition) is 6. The van der Waals surface area contributed by atoms with Gasteiger partial charge in [0.1, 0.15) is 5.82 Å². The van der Waals surface area contributed by atoms with Crippen LogP contribution in [0.3, 0.4) is 0 Å². The van der Waals surface area contributed by atoms with E-state index in [1.54, 1.807) is 29.4 Å². The molecule has 1 fully saturated rings. The largest absolute Gasteiger partial charge is 0.466 e. The molecule has 0 amide bonds. The molecule has 144 valence electrons. The lowest BCUT2D eigenvalue weighted by Crippen LogP contribution is -2.32. The third-order valence-corrected chi connectivity index (χ3v) is 4.72. The summed E-state index contributed by atoms with van der Waals surface area (Å²) in [5.41, 5.74) is 1.16. The third-order valence-electron chi connectivity index (χ3n) is 4.72. The Hall–Kier alpha value is -2.67. The molecule has 2 heterocycles. The molecule has 0 saturated carbocycles. The van der Waals surface area contributed by atoms with Gasteiger partial charge in [0, 0.05) is 25.6 Å². The molecule has 6 nitrogen and oxygen atoms in total. The molecule has 0 aromatic heterocycles. The van der Waals surface area contributed by atoms with Crippen molar-refractivity contribution in [1.29, 1.82) is 0 Å². The zero-order valence-corrected chi connectivity index (χ0v) is 15.3. The van der Waals surface area contributed by atoms with Crippen LogP contribution in [0.5, 0.6) is 0 Å². The lowest BCUT2D eigenvalue weighted by molar-refractivity contribution is -0.137. The van der Waals surface area contributed by atoms with Gasteiger partial charge >= 0.3 is 11.9 Å². The molecule has 3 rings (SSSR count). The summed E-state index contributed by atoms with van der Waals surface area (Å²) in [5, 5.41) is 0. The van der Waals surface area contributed by atoms with E-state index in [2.05, 4.69) is 0 Å². The Morgan fingerprint density at radius 1 is 1.11 bits per heavy atom. The predicted octanol–water partition coefficient (Wildman–Crippen LogP) is 2.52. The van der Waals surface area contributed by atoms with Gasteiger partial charge < -0.3 is 19.1 Å². The summed E-state index contributed by atoms with van der Waals surface area (Å²) >= 11 is 0. The van der Waals surface area contributed by atoms with Crippen LogP contribution in [0.4, 0.5) is 4.39 Å². The Bertz CT molecular complexity index is 731. The predicted molar refractivity (Wildman–Crippen MR) is 95.0 cm³/mol. The molecule has 0 spiro atoms. The molecular weight excluding hydrogens is 353 g/mol. The molecule has 0 radical (unpaired) electrons. The van der Waals surface area contributed by atoms with E-state index >= 15 is 0 Å². The Kier molecular flexibility index (Phi) is 5.91. The molecule has 1 atom stereocenters. The molecule has 0 N–H and O–H groups in total. The average Bonchev–Trinajstić information content (AvgIpc) is 3.20. The van der Waals surface area contributed by atoms with Crippen LogP contribution in [-0.2, 0) is 23.8 Å². The SMILES string of the molecule is COC(=O)C1=CN(CC2CCCO2)C=C(C(=O)OC)C1c1ccc(F)cc1. The lowest BCUT2D eigenvalue weighted by atomic mass is 9.83. The molecule has 1 unspecified atom stereocenters. The molecule has 1 saturated heterocycles. The summed E-state index contributed by atoms with van der Waals surface area (Å²) < 4.78 is 28.9. The maximum Gasteiger partial charge on any atom is 0.336 e. The highest BCUT2D eigenvalue weighted by atomic mass is 19.1. The van der Waals surface area contributed by atoms with Crippen molar-refractivity contribution in [2.45, 2.75) is 24.9 Å². The normalized spacial score (nSPS) is 20.1.